The molecule has 1 N–H and O–H groups in total. The van der Waals surface area contributed by atoms with Crippen LogP contribution in [-0.4, -0.2) is 86.7 Å². The fraction of sp³-hybridized carbons (Fsp3) is 0.455. The van der Waals surface area contributed by atoms with Crippen LogP contribution in [-0.2, 0) is 17.8 Å². The van der Waals surface area contributed by atoms with Gasteiger partial charge in [-0.3, -0.25) is 4.79 Å². The zero-order valence-electron chi connectivity index (χ0n) is 25.8. The van der Waals surface area contributed by atoms with Crippen LogP contribution >= 0.6 is 11.3 Å². The second kappa shape index (κ2) is 16.2. The van der Waals surface area contributed by atoms with Crippen LogP contribution in [0.1, 0.15) is 35.8 Å². The Kier molecular flexibility index (Phi) is 12.1. The number of nitrogens with zero attached hydrogens (tertiary/aromatic N) is 3. The number of hydrogen-bond acceptors (Lipinski definition) is 7. The van der Waals surface area contributed by atoms with Crippen molar-refractivity contribution in [2.75, 3.05) is 65.4 Å². The third kappa shape index (κ3) is 9.11. The van der Waals surface area contributed by atoms with Crippen LogP contribution in [0, 0.1) is 6.92 Å². The summed E-state index contributed by atoms with van der Waals surface area (Å²) in [6, 6.07) is 15.0. The Bertz CT molecular complexity index is 1340. The lowest BCUT2D eigenvalue weighted by atomic mass is 10.1. The van der Waals surface area contributed by atoms with Crippen molar-refractivity contribution < 1.29 is 23.8 Å². The molecule has 2 aromatic carbocycles. The molecule has 1 aliphatic heterocycles. The SMILES string of the molecule is CCOc1ccccc1NC(=O)N(CCN1CCCC1)CC(=O)N(CCc1ccc(OC)c(OC)c1)Cc1sccc1C. The number of para-hydroxylation sites is 2. The number of anilines is 1. The fourth-order valence-electron chi connectivity index (χ4n) is 5.16. The standard InChI is InChI=1S/C33H44N4O5S/c1-5-42-28-11-7-6-10-27(28)34-33(39)37(20-19-35-16-8-9-17-35)24-32(38)36(23-31-25(2)15-21-43-31)18-14-26-12-13-29(40-3)30(22-26)41-4/h6-7,10-13,15,21-22H,5,8-9,14,16-20,23-24H2,1-4H3,(H,34,39). The highest BCUT2D eigenvalue weighted by Crippen LogP contribution is 2.28. The number of likely N-dealkylation sites (tertiary alicyclic amines) is 1. The van der Waals surface area contributed by atoms with Gasteiger partial charge in [0.05, 0.1) is 33.1 Å². The second-order valence-corrected chi connectivity index (χ2v) is 11.6. The molecule has 1 fully saturated rings. The molecule has 0 spiro atoms. The lowest BCUT2D eigenvalue weighted by Gasteiger charge is -2.29. The quantitative estimate of drug-likeness (QED) is 0.239. The second-order valence-electron chi connectivity index (χ2n) is 10.6. The molecule has 0 saturated carbocycles. The van der Waals surface area contributed by atoms with Gasteiger partial charge in [-0.05, 0) is 93.0 Å². The van der Waals surface area contributed by atoms with E-state index in [9.17, 15) is 9.59 Å². The van der Waals surface area contributed by atoms with Crippen LogP contribution in [0.4, 0.5) is 10.5 Å². The van der Waals surface area contributed by atoms with E-state index in [1.807, 2.05) is 59.7 Å². The van der Waals surface area contributed by atoms with Gasteiger partial charge in [0.25, 0.3) is 0 Å². The smallest absolute Gasteiger partial charge is 0.322 e. The maximum atomic E-state index is 14.0. The van der Waals surface area contributed by atoms with Crippen molar-refractivity contribution in [2.24, 2.45) is 0 Å². The number of methoxy groups -OCH3 is 2. The summed E-state index contributed by atoms with van der Waals surface area (Å²) in [5.74, 6) is 1.83. The summed E-state index contributed by atoms with van der Waals surface area (Å²) in [4.78, 5) is 34.6. The number of carbonyl (C=O) groups is 2. The number of urea groups is 1. The van der Waals surface area contributed by atoms with Gasteiger partial charge in [0.2, 0.25) is 5.91 Å². The molecular weight excluding hydrogens is 564 g/mol. The van der Waals surface area contributed by atoms with Crippen molar-refractivity contribution in [1.82, 2.24) is 14.7 Å². The lowest BCUT2D eigenvalue weighted by Crippen LogP contribution is -2.47. The molecule has 9 nitrogen and oxygen atoms in total. The summed E-state index contributed by atoms with van der Waals surface area (Å²) in [5, 5.41) is 5.05. The predicted octanol–water partition coefficient (Wildman–Crippen LogP) is 5.67. The van der Waals surface area contributed by atoms with Crippen molar-refractivity contribution >= 4 is 29.0 Å². The van der Waals surface area contributed by atoms with Crippen molar-refractivity contribution in [3.63, 3.8) is 0 Å². The largest absolute Gasteiger partial charge is 0.493 e. The minimum atomic E-state index is -0.313. The maximum absolute atomic E-state index is 14.0. The Morgan fingerprint density at radius 2 is 1.72 bits per heavy atom. The lowest BCUT2D eigenvalue weighted by molar-refractivity contribution is -0.132. The Morgan fingerprint density at radius 1 is 0.953 bits per heavy atom. The number of nitrogens with one attached hydrogen (secondary N) is 1. The summed E-state index contributed by atoms with van der Waals surface area (Å²) in [6.07, 6.45) is 2.96. The van der Waals surface area contributed by atoms with Crippen LogP contribution in [0.5, 0.6) is 17.2 Å². The number of thiophene rings is 1. The van der Waals surface area contributed by atoms with Crippen LogP contribution in [0.2, 0.25) is 0 Å². The first-order valence-electron chi connectivity index (χ1n) is 14.9. The third-order valence-electron chi connectivity index (χ3n) is 7.70. The first-order valence-corrected chi connectivity index (χ1v) is 15.8. The third-order valence-corrected chi connectivity index (χ3v) is 8.71. The molecule has 3 aromatic rings. The Morgan fingerprint density at radius 3 is 2.42 bits per heavy atom. The van der Waals surface area contributed by atoms with E-state index in [1.165, 1.54) is 0 Å². The predicted molar refractivity (Wildman–Crippen MR) is 172 cm³/mol. The van der Waals surface area contributed by atoms with Gasteiger partial charge in [0.1, 0.15) is 12.3 Å². The molecule has 4 rings (SSSR count). The average molecular weight is 609 g/mol. The van der Waals surface area contributed by atoms with Gasteiger partial charge in [0, 0.05) is 24.5 Å². The van der Waals surface area contributed by atoms with Gasteiger partial charge in [-0.1, -0.05) is 18.2 Å². The Hall–Kier alpha value is -3.76. The number of amides is 3. The zero-order valence-corrected chi connectivity index (χ0v) is 26.6. The van der Waals surface area contributed by atoms with Crippen LogP contribution in [0.15, 0.2) is 53.9 Å². The van der Waals surface area contributed by atoms with E-state index < -0.39 is 0 Å². The highest BCUT2D eigenvalue weighted by Gasteiger charge is 2.24. The minimum absolute atomic E-state index is 0.0210. The first kappa shape index (κ1) is 32.2. The van der Waals surface area contributed by atoms with Crippen molar-refractivity contribution in [3.8, 4) is 17.2 Å². The first-order chi connectivity index (χ1) is 20.9. The van der Waals surface area contributed by atoms with E-state index in [2.05, 4.69) is 23.2 Å². The number of ether oxygens (including phenoxy) is 3. The van der Waals surface area contributed by atoms with Gasteiger partial charge in [-0.15, -0.1) is 11.3 Å². The Labute approximate surface area is 259 Å². The number of carbonyl (C=O) groups excluding carboxylic acids is 2. The molecular formula is C33H44N4O5S. The van der Waals surface area contributed by atoms with Gasteiger partial charge < -0.3 is 34.2 Å². The van der Waals surface area contributed by atoms with Crippen LogP contribution in [0.3, 0.4) is 0 Å². The zero-order chi connectivity index (χ0) is 30.6. The molecule has 43 heavy (non-hydrogen) atoms. The van der Waals surface area contributed by atoms with E-state index in [1.54, 1.807) is 30.5 Å². The average Bonchev–Trinajstić information content (AvgIpc) is 3.69. The maximum Gasteiger partial charge on any atom is 0.322 e. The molecule has 3 amide bonds. The molecule has 0 atom stereocenters. The summed E-state index contributed by atoms with van der Waals surface area (Å²) >= 11 is 1.64. The van der Waals surface area contributed by atoms with Gasteiger partial charge in [-0.25, -0.2) is 4.79 Å². The number of aryl methyl sites for hydroxylation is 1. The van der Waals surface area contributed by atoms with E-state index >= 15 is 0 Å². The molecule has 0 radical (unpaired) electrons. The molecule has 0 bridgehead atoms. The number of rotatable bonds is 15. The van der Waals surface area contributed by atoms with E-state index in [0.717, 1.165) is 48.5 Å². The highest BCUT2D eigenvalue weighted by atomic mass is 32.1. The molecule has 10 heteroatoms. The van der Waals surface area contributed by atoms with Crippen LogP contribution < -0.4 is 19.5 Å². The normalized spacial score (nSPS) is 13.0. The summed E-state index contributed by atoms with van der Waals surface area (Å²) < 4.78 is 16.6. The molecule has 0 aliphatic carbocycles. The molecule has 1 aromatic heterocycles. The fourth-order valence-corrected chi connectivity index (χ4v) is 6.08. The molecule has 232 valence electrons. The summed E-state index contributed by atoms with van der Waals surface area (Å²) in [5.41, 5.74) is 2.78. The summed E-state index contributed by atoms with van der Waals surface area (Å²) in [6.45, 7) is 8.65. The van der Waals surface area contributed by atoms with Gasteiger partial charge in [0.15, 0.2) is 11.5 Å². The molecule has 1 saturated heterocycles. The van der Waals surface area contributed by atoms with E-state index in [0.29, 0.717) is 55.6 Å². The van der Waals surface area contributed by atoms with E-state index in [4.69, 9.17) is 14.2 Å². The van der Waals surface area contributed by atoms with E-state index in [-0.39, 0.29) is 18.5 Å². The molecule has 0 unspecified atom stereocenters. The van der Waals surface area contributed by atoms with Crippen molar-refractivity contribution in [3.05, 3.63) is 69.9 Å². The van der Waals surface area contributed by atoms with Crippen molar-refractivity contribution in [1.29, 1.82) is 0 Å². The highest BCUT2D eigenvalue weighted by molar-refractivity contribution is 7.10. The van der Waals surface area contributed by atoms with Gasteiger partial charge in [-0.2, -0.15) is 0 Å². The molecule has 1 aliphatic rings. The van der Waals surface area contributed by atoms with Crippen molar-refractivity contribution in [2.45, 2.75) is 39.7 Å². The monoisotopic (exact) mass is 608 g/mol. The summed E-state index contributed by atoms with van der Waals surface area (Å²) in [7, 11) is 3.23. The topological polar surface area (TPSA) is 83.6 Å². The van der Waals surface area contributed by atoms with Crippen LogP contribution in [0.25, 0.3) is 0 Å². The van der Waals surface area contributed by atoms with Gasteiger partial charge >= 0.3 is 6.03 Å². The molecule has 2 heterocycles. The number of benzene rings is 2. The minimum Gasteiger partial charge on any atom is -0.493 e. The Balaban J connectivity index is 1.52. The number of hydrogen-bond donors (Lipinski definition) is 1.